The summed E-state index contributed by atoms with van der Waals surface area (Å²) in [6.07, 6.45) is 4.48. The zero-order valence-electron chi connectivity index (χ0n) is 16.0. The summed E-state index contributed by atoms with van der Waals surface area (Å²) in [5, 5.41) is 6.64. The van der Waals surface area contributed by atoms with Crippen LogP contribution in [0, 0.1) is 0 Å². The van der Waals surface area contributed by atoms with Gasteiger partial charge in [-0.3, -0.25) is 0 Å². The number of unbranched alkanes of at least 4 members (excludes halogenated alkanes) is 1. The van der Waals surface area contributed by atoms with Gasteiger partial charge in [-0.15, -0.1) is 0 Å². The average Bonchev–Trinajstić information content (AvgIpc) is 2.64. The molecule has 0 unspecified atom stereocenters. The molecule has 6 nitrogen and oxygen atoms in total. The molecule has 2 N–H and O–H groups in total. The van der Waals surface area contributed by atoms with Crippen LogP contribution >= 0.6 is 11.8 Å². The fourth-order valence-electron chi connectivity index (χ4n) is 2.32. The van der Waals surface area contributed by atoms with Crippen LogP contribution in [0.1, 0.15) is 25.3 Å². The predicted octanol–water partition coefficient (Wildman–Crippen LogP) is 2.91. The summed E-state index contributed by atoms with van der Waals surface area (Å²) in [5.74, 6) is 3.89. The first kappa shape index (κ1) is 21.3. The third-order valence-electron chi connectivity index (χ3n) is 3.56. The lowest BCUT2D eigenvalue weighted by atomic mass is 10.2. The fourth-order valence-corrected chi connectivity index (χ4v) is 2.81. The fraction of sp³-hybridized carbons (Fsp3) is 0.611. The number of aliphatic imine (C=N–C) groups is 1. The van der Waals surface area contributed by atoms with Crippen molar-refractivity contribution >= 4 is 17.7 Å². The SMILES string of the molecule is CCNC(=NCc1cc(OC)c(OC)c(OC)c1)NCCCCSC. The Morgan fingerprint density at radius 2 is 1.72 bits per heavy atom. The first-order chi connectivity index (χ1) is 12.2. The van der Waals surface area contributed by atoms with E-state index in [1.54, 1.807) is 21.3 Å². The highest BCUT2D eigenvalue weighted by atomic mass is 32.2. The van der Waals surface area contributed by atoms with Crippen LogP contribution in [0.15, 0.2) is 17.1 Å². The van der Waals surface area contributed by atoms with Crippen LogP contribution in [0.5, 0.6) is 17.2 Å². The molecule has 0 fully saturated rings. The first-order valence-corrected chi connectivity index (χ1v) is 9.89. The minimum absolute atomic E-state index is 0.525. The van der Waals surface area contributed by atoms with Gasteiger partial charge < -0.3 is 24.8 Å². The van der Waals surface area contributed by atoms with Crippen molar-refractivity contribution in [2.45, 2.75) is 26.3 Å². The van der Waals surface area contributed by atoms with Crippen LogP contribution in [-0.4, -0.2) is 52.4 Å². The van der Waals surface area contributed by atoms with Gasteiger partial charge in [0.15, 0.2) is 17.5 Å². The highest BCUT2D eigenvalue weighted by Crippen LogP contribution is 2.38. The predicted molar refractivity (Wildman–Crippen MR) is 107 cm³/mol. The molecule has 0 radical (unpaired) electrons. The number of benzene rings is 1. The van der Waals surface area contributed by atoms with Gasteiger partial charge in [0.2, 0.25) is 5.75 Å². The summed E-state index contributed by atoms with van der Waals surface area (Å²) < 4.78 is 16.1. The van der Waals surface area contributed by atoms with Gasteiger partial charge in [-0.2, -0.15) is 11.8 Å². The lowest BCUT2D eigenvalue weighted by molar-refractivity contribution is 0.324. The van der Waals surface area contributed by atoms with Gasteiger partial charge >= 0.3 is 0 Å². The molecule has 1 aromatic carbocycles. The van der Waals surface area contributed by atoms with E-state index in [1.165, 1.54) is 12.2 Å². The van der Waals surface area contributed by atoms with Gasteiger partial charge in [-0.1, -0.05) is 0 Å². The van der Waals surface area contributed by atoms with E-state index in [4.69, 9.17) is 14.2 Å². The summed E-state index contributed by atoms with van der Waals surface area (Å²) in [5.41, 5.74) is 0.995. The minimum Gasteiger partial charge on any atom is -0.493 e. The lowest BCUT2D eigenvalue weighted by Crippen LogP contribution is -2.37. The Morgan fingerprint density at radius 3 is 2.24 bits per heavy atom. The maximum absolute atomic E-state index is 5.39. The Kier molecular flexibility index (Phi) is 10.7. The van der Waals surface area contributed by atoms with Gasteiger partial charge in [-0.05, 0) is 49.5 Å². The van der Waals surface area contributed by atoms with E-state index in [1.807, 2.05) is 23.9 Å². The Bertz CT molecular complexity index is 513. The minimum atomic E-state index is 0.525. The number of nitrogens with one attached hydrogen (secondary N) is 2. The second-order valence-corrected chi connectivity index (χ2v) is 6.34. The molecule has 0 aromatic heterocycles. The third-order valence-corrected chi connectivity index (χ3v) is 4.25. The van der Waals surface area contributed by atoms with Crippen molar-refractivity contribution in [2.75, 3.05) is 46.4 Å². The van der Waals surface area contributed by atoms with Crippen molar-refractivity contribution in [3.05, 3.63) is 17.7 Å². The van der Waals surface area contributed by atoms with Crippen molar-refractivity contribution < 1.29 is 14.2 Å². The molecule has 1 aromatic rings. The van der Waals surface area contributed by atoms with Crippen LogP contribution in [0.3, 0.4) is 0 Å². The zero-order chi connectivity index (χ0) is 18.5. The second-order valence-electron chi connectivity index (χ2n) is 5.36. The highest BCUT2D eigenvalue weighted by molar-refractivity contribution is 7.98. The van der Waals surface area contributed by atoms with Gasteiger partial charge in [0.1, 0.15) is 0 Å². The van der Waals surface area contributed by atoms with E-state index < -0.39 is 0 Å². The topological polar surface area (TPSA) is 64.1 Å². The van der Waals surface area contributed by atoms with Gasteiger partial charge in [-0.25, -0.2) is 4.99 Å². The molecule has 0 amide bonds. The summed E-state index contributed by atoms with van der Waals surface area (Å²) in [6, 6.07) is 3.85. The van der Waals surface area contributed by atoms with E-state index in [-0.39, 0.29) is 0 Å². The van der Waals surface area contributed by atoms with E-state index in [0.29, 0.717) is 23.8 Å². The van der Waals surface area contributed by atoms with Gasteiger partial charge in [0.05, 0.1) is 27.9 Å². The maximum atomic E-state index is 5.39. The number of rotatable bonds is 11. The van der Waals surface area contributed by atoms with E-state index >= 15 is 0 Å². The van der Waals surface area contributed by atoms with Crippen molar-refractivity contribution in [1.29, 1.82) is 0 Å². The van der Waals surface area contributed by atoms with E-state index in [9.17, 15) is 0 Å². The number of thioether (sulfide) groups is 1. The number of guanidine groups is 1. The normalized spacial score (nSPS) is 11.2. The lowest BCUT2D eigenvalue weighted by Gasteiger charge is -2.14. The molecule has 0 aliphatic rings. The molecular weight excluding hydrogens is 338 g/mol. The highest BCUT2D eigenvalue weighted by Gasteiger charge is 2.13. The smallest absolute Gasteiger partial charge is 0.203 e. The average molecular weight is 370 g/mol. The molecule has 25 heavy (non-hydrogen) atoms. The van der Waals surface area contributed by atoms with E-state index in [2.05, 4.69) is 28.8 Å². The molecule has 142 valence electrons. The molecule has 0 atom stereocenters. The molecule has 0 saturated carbocycles. The van der Waals surface area contributed by atoms with Crippen LogP contribution in [-0.2, 0) is 6.54 Å². The zero-order valence-corrected chi connectivity index (χ0v) is 16.8. The van der Waals surface area contributed by atoms with Crippen LogP contribution in [0.4, 0.5) is 0 Å². The van der Waals surface area contributed by atoms with Gasteiger partial charge in [0, 0.05) is 13.1 Å². The standard InChI is InChI=1S/C18H31N3O3S/c1-6-19-18(20-9-7-8-10-25-5)21-13-14-11-15(22-2)17(24-4)16(12-14)23-3/h11-12H,6-10,13H2,1-5H3,(H2,19,20,21). The number of methoxy groups -OCH3 is 3. The van der Waals surface area contributed by atoms with Crippen LogP contribution in [0.25, 0.3) is 0 Å². The van der Waals surface area contributed by atoms with Gasteiger partial charge in [0.25, 0.3) is 0 Å². The number of hydrogen-bond donors (Lipinski definition) is 2. The molecule has 7 heteroatoms. The van der Waals surface area contributed by atoms with Crippen LogP contribution in [0.2, 0.25) is 0 Å². The van der Waals surface area contributed by atoms with Crippen LogP contribution < -0.4 is 24.8 Å². The van der Waals surface area contributed by atoms with Crippen molar-refractivity contribution in [3.63, 3.8) is 0 Å². The molecule has 0 heterocycles. The number of hydrogen-bond acceptors (Lipinski definition) is 5. The maximum Gasteiger partial charge on any atom is 0.203 e. The summed E-state index contributed by atoms with van der Waals surface area (Å²) >= 11 is 1.88. The van der Waals surface area contributed by atoms with E-state index in [0.717, 1.165) is 31.0 Å². The molecule has 1 rings (SSSR count). The Morgan fingerprint density at radius 1 is 1.04 bits per heavy atom. The molecule has 0 saturated heterocycles. The van der Waals surface area contributed by atoms with Crippen molar-refractivity contribution in [2.24, 2.45) is 4.99 Å². The number of nitrogens with zero attached hydrogens (tertiary/aromatic N) is 1. The van der Waals surface area contributed by atoms with Crippen molar-refractivity contribution in [3.8, 4) is 17.2 Å². The number of ether oxygens (including phenoxy) is 3. The van der Waals surface area contributed by atoms with Crippen molar-refractivity contribution in [1.82, 2.24) is 10.6 Å². The molecule has 0 aliphatic heterocycles. The largest absolute Gasteiger partial charge is 0.493 e. The second kappa shape index (κ2) is 12.6. The Balaban J connectivity index is 2.77. The quantitative estimate of drug-likeness (QED) is 0.355. The molecule has 0 bridgehead atoms. The monoisotopic (exact) mass is 369 g/mol. The Hall–Kier alpha value is -1.76. The molecule has 0 spiro atoms. The molecular formula is C18H31N3O3S. The summed E-state index contributed by atoms with van der Waals surface area (Å²) in [6.45, 7) is 4.33. The Labute approximate surface area is 155 Å². The summed E-state index contributed by atoms with van der Waals surface area (Å²) in [4.78, 5) is 4.65. The first-order valence-electron chi connectivity index (χ1n) is 8.50. The molecule has 0 aliphatic carbocycles. The third kappa shape index (κ3) is 7.34. The summed E-state index contributed by atoms with van der Waals surface area (Å²) in [7, 11) is 4.83.